The van der Waals surface area contributed by atoms with Gasteiger partial charge in [0.25, 0.3) is 0 Å². The van der Waals surface area contributed by atoms with Gasteiger partial charge in [0, 0.05) is 11.8 Å². The summed E-state index contributed by atoms with van der Waals surface area (Å²) in [5.74, 6) is 0.352. The van der Waals surface area contributed by atoms with Crippen molar-refractivity contribution in [1.82, 2.24) is 0 Å². The second-order valence-electron chi connectivity index (χ2n) is 7.40. The fourth-order valence-electron chi connectivity index (χ4n) is 3.59. The van der Waals surface area contributed by atoms with Gasteiger partial charge in [-0.3, -0.25) is 0 Å². The van der Waals surface area contributed by atoms with Crippen molar-refractivity contribution >= 4 is 0 Å². The van der Waals surface area contributed by atoms with E-state index in [0.717, 1.165) is 18.4 Å². The monoisotopic (exact) mass is 318 g/mol. The zero-order valence-corrected chi connectivity index (χ0v) is 14.6. The van der Waals surface area contributed by atoms with E-state index < -0.39 is 11.2 Å². The van der Waals surface area contributed by atoms with Gasteiger partial charge in [0.1, 0.15) is 5.60 Å². The zero-order chi connectivity index (χ0) is 17.1. The van der Waals surface area contributed by atoms with Crippen LogP contribution in [0, 0.1) is 11.8 Å². The van der Waals surface area contributed by atoms with Crippen molar-refractivity contribution in [3.63, 3.8) is 0 Å². The van der Waals surface area contributed by atoms with Crippen molar-refractivity contribution < 1.29 is 14.9 Å². The highest BCUT2D eigenvalue weighted by atomic mass is 16.5. The van der Waals surface area contributed by atoms with Gasteiger partial charge in [-0.2, -0.15) is 0 Å². The van der Waals surface area contributed by atoms with Crippen LogP contribution in [0.1, 0.15) is 40.0 Å². The summed E-state index contributed by atoms with van der Waals surface area (Å²) >= 11 is 0. The third-order valence-corrected chi connectivity index (χ3v) is 5.04. The van der Waals surface area contributed by atoms with Crippen molar-refractivity contribution in [3.8, 4) is 0 Å². The Balaban J connectivity index is 2.31. The topological polar surface area (TPSA) is 49.7 Å². The molecule has 23 heavy (non-hydrogen) atoms. The third-order valence-electron chi connectivity index (χ3n) is 5.04. The maximum absolute atomic E-state index is 10.5. The predicted octanol–water partition coefficient (Wildman–Crippen LogP) is 3.55. The molecule has 1 aliphatic heterocycles. The maximum atomic E-state index is 10.5. The molecular weight excluding hydrogens is 288 g/mol. The van der Waals surface area contributed by atoms with E-state index in [0.29, 0.717) is 13.0 Å². The van der Waals surface area contributed by atoms with Crippen LogP contribution in [-0.2, 0) is 4.74 Å². The van der Waals surface area contributed by atoms with Crippen LogP contribution < -0.4 is 0 Å². The second-order valence-corrected chi connectivity index (χ2v) is 7.40. The highest BCUT2D eigenvalue weighted by Crippen LogP contribution is 2.45. The Morgan fingerprint density at radius 2 is 2.22 bits per heavy atom. The van der Waals surface area contributed by atoms with E-state index in [9.17, 15) is 10.2 Å². The molecule has 3 heteroatoms. The molecule has 2 rings (SSSR count). The summed E-state index contributed by atoms with van der Waals surface area (Å²) in [7, 11) is 0. The van der Waals surface area contributed by atoms with Crippen LogP contribution in [0.5, 0.6) is 0 Å². The molecule has 2 aliphatic rings. The van der Waals surface area contributed by atoms with Crippen LogP contribution in [0.4, 0.5) is 0 Å². The van der Waals surface area contributed by atoms with E-state index in [1.165, 1.54) is 5.57 Å². The lowest BCUT2D eigenvalue weighted by atomic mass is 9.74. The minimum Gasteiger partial charge on any atom is -0.393 e. The van der Waals surface area contributed by atoms with E-state index in [1.54, 1.807) is 0 Å². The zero-order valence-electron chi connectivity index (χ0n) is 14.6. The van der Waals surface area contributed by atoms with Crippen LogP contribution in [0.15, 0.2) is 48.1 Å². The van der Waals surface area contributed by atoms with E-state index in [2.05, 4.69) is 6.58 Å². The second kappa shape index (κ2) is 7.16. The van der Waals surface area contributed by atoms with Crippen molar-refractivity contribution in [2.45, 2.75) is 51.2 Å². The molecule has 0 aromatic heterocycles. The molecule has 3 nitrogen and oxygen atoms in total. The Morgan fingerprint density at radius 3 is 2.87 bits per heavy atom. The van der Waals surface area contributed by atoms with Crippen LogP contribution in [0.2, 0.25) is 0 Å². The number of ether oxygens (including phenoxy) is 1. The number of aliphatic hydroxyl groups excluding tert-OH is 1. The van der Waals surface area contributed by atoms with Gasteiger partial charge in [-0.1, -0.05) is 48.1 Å². The van der Waals surface area contributed by atoms with E-state index >= 15 is 0 Å². The minimum atomic E-state index is -0.817. The molecule has 1 fully saturated rings. The molecule has 0 saturated carbocycles. The van der Waals surface area contributed by atoms with Gasteiger partial charge in [-0.05, 0) is 40.0 Å². The molecule has 1 saturated heterocycles. The van der Waals surface area contributed by atoms with Gasteiger partial charge in [-0.25, -0.2) is 0 Å². The van der Waals surface area contributed by atoms with Crippen LogP contribution in [0.3, 0.4) is 0 Å². The summed E-state index contributed by atoms with van der Waals surface area (Å²) in [5.41, 5.74) is 0.826. The molecule has 0 bridgehead atoms. The Morgan fingerprint density at radius 1 is 1.48 bits per heavy atom. The first-order valence-electron chi connectivity index (χ1n) is 8.45. The fourth-order valence-corrected chi connectivity index (χ4v) is 3.59. The summed E-state index contributed by atoms with van der Waals surface area (Å²) < 4.78 is 6.08. The third kappa shape index (κ3) is 4.23. The number of hydrogen-bond donors (Lipinski definition) is 2. The first-order chi connectivity index (χ1) is 10.8. The lowest BCUT2D eigenvalue weighted by Crippen LogP contribution is -2.40. The van der Waals surface area contributed by atoms with Crippen LogP contribution in [0.25, 0.3) is 0 Å². The molecule has 1 unspecified atom stereocenters. The van der Waals surface area contributed by atoms with Gasteiger partial charge in [0.2, 0.25) is 0 Å². The van der Waals surface area contributed by atoms with Gasteiger partial charge in [-0.15, -0.1) is 0 Å². The van der Waals surface area contributed by atoms with Gasteiger partial charge < -0.3 is 14.9 Å². The molecule has 1 aliphatic carbocycles. The van der Waals surface area contributed by atoms with Crippen LogP contribution in [-0.4, -0.2) is 34.6 Å². The molecule has 2 N–H and O–H groups in total. The number of rotatable bonds is 3. The Bertz CT molecular complexity index is 523. The number of fused-ring (bicyclic) bond motifs is 1. The molecule has 0 amide bonds. The maximum Gasteiger partial charge on any atom is 0.113 e. The Hall–Kier alpha value is -1.16. The van der Waals surface area contributed by atoms with E-state index in [4.69, 9.17) is 4.74 Å². The average molecular weight is 318 g/mol. The molecule has 0 aromatic rings. The molecule has 4 atom stereocenters. The largest absolute Gasteiger partial charge is 0.393 e. The molecule has 1 heterocycles. The highest BCUT2D eigenvalue weighted by molar-refractivity contribution is 5.23. The van der Waals surface area contributed by atoms with Gasteiger partial charge in [0.15, 0.2) is 0 Å². The van der Waals surface area contributed by atoms with Gasteiger partial charge >= 0.3 is 0 Å². The number of allylic oxidation sites excluding steroid dienone is 4. The first-order valence-corrected chi connectivity index (χ1v) is 8.45. The van der Waals surface area contributed by atoms with E-state index in [-0.39, 0.29) is 18.4 Å². The summed E-state index contributed by atoms with van der Waals surface area (Å²) in [5, 5.41) is 20.5. The lowest BCUT2D eigenvalue weighted by molar-refractivity contribution is -0.0294. The smallest absolute Gasteiger partial charge is 0.113 e. The van der Waals surface area contributed by atoms with Crippen molar-refractivity contribution in [3.05, 3.63) is 48.1 Å². The minimum absolute atomic E-state index is 0.0515. The SMILES string of the molecule is C=C1C/C=C\[C@@](C)(O)CC[C@H]2C1CO[C@@]2(/C=C/C=C(C)C)CO. The van der Waals surface area contributed by atoms with Crippen LogP contribution >= 0.6 is 0 Å². The number of hydrogen-bond acceptors (Lipinski definition) is 3. The van der Waals surface area contributed by atoms with Crippen molar-refractivity contribution in [2.75, 3.05) is 13.2 Å². The molecule has 128 valence electrons. The summed E-state index contributed by atoms with van der Waals surface area (Å²) in [4.78, 5) is 0. The highest BCUT2D eigenvalue weighted by Gasteiger charge is 2.48. The summed E-state index contributed by atoms with van der Waals surface area (Å²) in [6.45, 7) is 10.7. The van der Waals surface area contributed by atoms with Crippen molar-refractivity contribution in [2.24, 2.45) is 11.8 Å². The molecule has 0 spiro atoms. The lowest BCUT2D eigenvalue weighted by Gasteiger charge is -2.33. The molecule has 0 aromatic carbocycles. The predicted molar refractivity (Wildman–Crippen MR) is 94.1 cm³/mol. The number of aliphatic hydroxyl groups is 2. The Kier molecular flexibility index (Phi) is 5.66. The molecular formula is C20H30O3. The summed E-state index contributed by atoms with van der Waals surface area (Å²) in [6.07, 6.45) is 12.1. The normalized spacial score (nSPS) is 39.4. The quantitative estimate of drug-likeness (QED) is 0.618. The first kappa shape index (κ1) is 18.2. The van der Waals surface area contributed by atoms with Gasteiger partial charge in [0.05, 0.1) is 18.8 Å². The summed E-state index contributed by atoms with van der Waals surface area (Å²) in [6, 6.07) is 0. The van der Waals surface area contributed by atoms with E-state index in [1.807, 2.05) is 51.2 Å². The standard InChI is InChI=1S/C20H30O3/c1-15(2)7-5-11-20(14-21)18-9-12-19(4,22)10-6-8-16(3)17(18)13-23-20/h5-7,10-11,17-18,21-22H,3,8-9,12-14H2,1-2,4H3/b10-6-,11-5+/t17?,18-,19+,20-/m0/s1. The Labute approximate surface area is 140 Å². The fraction of sp³-hybridized carbons (Fsp3) is 0.600. The molecule has 0 radical (unpaired) electrons. The van der Waals surface area contributed by atoms with Crippen molar-refractivity contribution in [1.29, 1.82) is 0 Å². The average Bonchev–Trinajstić information content (AvgIpc) is 2.84.